The molecule has 7 nitrogen and oxygen atoms in total. The van der Waals surface area contributed by atoms with Crippen LogP contribution in [-0.2, 0) is 13.6 Å². The fourth-order valence-corrected chi connectivity index (χ4v) is 3.89. The predicted octanol–water partition coefficient (Wildman–Crippen LogP) is 2.20. The Hall–Kier alpha value is -1.93. The molecule has 2 aliphatic heterocycles. The number of aryl methyl sites for hydroxylation is 1. The zero-order chi connectivity index (χ0) is 18.8. The van der Waals surface area contributed by atoms with E-state index in [-0.39, 0.29) is 12.4 Å². The Balaban J connectivity index is 0.00000225. The number of anilines is 2. The molecule has 0 spiro atoms. The molecule has 9 heteroatoms. The normalized spacial score (nSPS) is 19.0. The lowest BCUT2D eigenvalue weighted by atomic mass is 10.1. The summed E-state index contributed by atoms with van der Waals surface area (Å²) >= 11 is 0. The summed E-state index contributed by atoms with van der Waals surface area (Å²) in [5, 5.41) is 4.34. The topological polar surface area (TPSA) is 53.3 Å². The molecule has 28 heavy (non-hydrogen) atoms. The first-order chi connectivity index (χ1) is 13.1. The van der Waals surface area contributed by atoms with Gasteiger partial charge in [-0.25, -0.2) is 14.4 Å². The van der Waals surface area contributed by atoms with Gasteiger partial charge in [-0.2, -0.15) is 5.10 Å². The molecule has 4 heterocycles. The number of halogens is 2. The van der Waals surface area contributed by atoms with Crippen molar-refractivity contribution in [2.24, 2.45) is 7.05 Å². The van der Waals surface area contributed by atoms with Crippen molar-refractivity contribution in [3.05, 3.63) is 29.8 Å². The van der Waals surface area contributed by atoms with E-state index in [0.29, 0.717) is 25.9 Å². The molecule has 0 radical (unpaired) electrons. The van der Waals surface area contributed by atoms with Crippen LogP contribution in [0, 0.1) is 6.92 Å². The zero-order valence-electron chi connectivity index (χ0n) is 16.6. The summed E-state index contributed by atoms with van der Waals surface area (Å²) in [6.45, 7) is 8.29. The maximum atomic E-state index is 13.5. The smallest absolute Gasteiger partial charge is 0.172 e. The van der Waals surface area contributed by atoms with Crippen molar-refractivity contribution in [1.29, 1.82) is 0 Å². The second-order valence-corrected chi connectivity index (χ2v) is 7.51. The Morgan fingerprint density at radius 3 is 2.07 bits per heavy atom. The third-order valence-electron chi connectivity index (χ3n) is 5.79. The van der Waals surface area contributed by atoms with Gasteiger partial charge in [0.2, 0.25) is 0 Å². The van der Waals surface area contributed by atoms with Crippen LogP contribution in [-0.4, -0.2) is 70.1 Å². The van der Waals surface area contributed by atoms with Crippen LogP contribution in [0.4, 0.5) is 16.0 Å². The van der Waals surface area contributed by atoms with E-state index in [0.717, 1.165) is 44.4 Å². The zero-order valence-corrected chi connectivity index (χ0v) is 17.4. The minimum absolute atomic E-state index is 0. The molecule has 2 aromatic rings. The molecular weight excluding hydrogens is 381 g/mol. The Labute approximate surface area is 172 Å². The lowest BCUT2D eigenvalue weighted by Crippen LogP contribution is -2.47. The van der Waals surface area contributed by atoms with Crippen LogP contribution in [0.2, 0.25) is 0 Å². The number of alkyl halides is 1. The van der Waals surface area contributed by atoms with E-state index in [9.17, 15) is 4.39 Å². The van der Waals surface area contributed by atoms with Crippen molar-refractivity contribution >= 4 is 24.0 Å². The number of rotatable bonds is 4. The maximum absolute atomic E-state index is 13.5. The lowest BCUT2D eigenvalue weighted by molar-refractivity contribution is 0.248. The standard InChI is InChI=1S/C19H28FN7.ClH/c1-15-16(13-23-24(15)2)14-25-9-11-27(12-10-25)19-18(21-5-6-22-19)26-7-3-17(20)4-8-26;/h5-6,13,17H,3-4,7-12,14H2,1-2H3;1H. The Bertz CT molecular complexity index is 767. The molecule has 0 aliphatic carbocycles. The first-order valence-electron chi connectivity index (χ1n) is 9.76. The van der Waals surface area contributed by atoms with Crippen molar-refractivity contribution in [1.82, 2.24) is 24.6 Å². The monoisotopic (exact) mass is 409 g/mol. The summed E-state index contributed by atoms with van der Waals surface area (Å²) < 4.78 is 15.4. The van der Waals surface area contributed by atoms with E-state index in [1.54, 1.807) is 12.4 Å². The number of hydrogen-bond donors (Lipinski definition) is 0. The van der Waals surface area contributed by atoms with Gasteiger partial charge in [0, 0.05) is 76.5 Å². The lowest BCUT2D eigenvalue weighted by Gasteiger charge is -2.38. The summed E-state index contributed by atoms with van der Waals surface area (Å²) in [5.74, 6) is 1.84. The first kappa shape index (κ1) is 20.8. The average Bonchev–Trinajstić information content (AvgIpc) is 3.01. The highest BCUT2D eigenvalue weighted by atomic mass is 35.5. The van der Waals surface area contributed by atoms with Gasteiger partial charge in [-0.3, -0.25) is 9.58 Å². The molecule has 0 atom stereocenters. The summed E-state index contributed by atoms with van der Waals surface area (Å²) in [6, 6.07) is 0. The van der Waals surface area contributed by atoms with Crippen molar-refractivity contribution in [2.75, 3.05) is 49.1 Å². The van der Waals surface area contributed by atoms with Crippen LogP contribution < -0.4 is 9.80 Å². The summed E-state index contributed by atoms with van der Waals surface area (Å²) in [4.78, 5) is 16.2. The molecule has 154 valence electrons. The highest BCUT2D eigenvalue weighted by Gasteiger charge is 2.26. The molecular formula is C19H29ClFN7. The van der Waals surface area contributed by atoms with E-state index >= 15 is 0 Å². The van der Waals surface area contributed by atoms with Gasteiger partial charge in [0.15, 0.2) is 11.6 Å². The molecule has 2 saturated heterocycles. The third-order valence-corrected chi connectivity index (χ3v) is 5.79. The molecule has 2 aliphatic rings. The van der Waals surface area contributed by atoms with Crippen molar-refractivity contribution in [2.45, 2.75) is 32.5 Å². The van der Waals surface area contributed by atoms with E-state index in [4.69, 9.17) is 0 Å². The van der Waals surface area contributed by atoms with Crippen LogP contribution in [0.15, 0.2) is 18.6 Å². The minimum Gasteiger partial charge on any atom is -0.353 e. The predicted molar refractivity (Wildman–Crippen MR) is 111 cm³/mol. The Morgan fingerprint density at radius 1 is 0.964 bits per heavy atom. The molecule has 2 fully saturated rings. The number of piperazine rings is 1. The highest BCUT2D eigenvalue weighted by molar-refractivity contribution is 5.85. The van der Waals surface area contributed by atoms with Crippen LogP contribution in [0.1, 0.15) is 24.1 Å². The van der Waals surface area contributed by atoms with Crippen molar-refractivity contribution in [3.63, 3.8) is 0 Å². The second kappa shape index (κ2) is 9.05. The van der Waals surface area contributed by atoms with Crippen molar-refractivity contribution < 1.29 is 4.39 Å². The summed E-state index contributed by atoms with van der Waals surface area (Å²) in [5.41, 5.74) is 2.52. The second-order valence-electron chi connectivity index (χ2n) is 7.51. The van der Waals surface area contributed by atoms with E-state index in [1.807, 2.05) is 17.9 Å². The van der Waals surface area contributed by atoms with Gasteiger partial charge in [-0.05, 0) is 19.8 Å². The minimum atomic E-state index is -0.680. The van der Waals surface area contributed by atoms with Gasteiger partial charge in [0.05, 0.1) is 6.20 Å². The Morgan fingerprint density at radius 2 is 1.54 bits per heavy atom. The summed E-state index contributed by atoms with van der Waals surface area (Å²) in [6.07, 6.45) is 5.94. The maximum Gasteiger partial charge on any atom is 0.172 e. The number of nitrogens with zero attached hydrogens (tertiary/aromatic N) is 7. The van der Waals surface area contributed by atoms with Gasteiger partial charge in [0.1, 0.15) is 6.17 Å². The van der Waals surface area contributed by atoms with E-state index < -0.39 is 6.17 Å². The molecule has 0 unspecified atom stereocenters. The molecule has 2 aromatic heterocycles. The molecule has 0 amide bonds. The molecule has 4 rings (SSSR count). The molecule has 0 saturated carbocycles. The van der Waals surface area contributed by atoms with E-state index in [1.165, 1.54) is 11.3 Å². The number of aromatic nitrogens is 4. The van der Waals surface area contributed by atoms with Gasteiger partial charge in [0.25, 0.3) is 0 Å². The molecule has 0 bridgehead atoms. The fourth-order valence-electron chi connectivity index (χ4n) is 3.89. The van der Waals surface area contributed by atoms with Gasteiger partial charge < -0.3 is 9.80 Å². The van der Waals surface area contributed by atoms with Crippen molar-refractivity contribution in [3.8, 4) is 0 Å². The van der Waals surface area contributed by atoms with Gasteiger partial charge in [-0.1, -0.05) is 0 Å². The first-order valence-corrected chi connectivity index (χ1v) is 9.76. The number of hydrogen-bond acceptors (Lipinski definition) is 6. The van der Waals surface area contributed by atoms with Crippen LogP contribution in [0.25, 0.3) is 0 Å². The number of piperidine rings is 1. The summed E-state index contributed by atoms with van der Waals surface area (Å²) in [7, 11) is 1.98. The fraction of sp³-hybridized carbons (Fsp3) is 0.632. The van der Waals surface area contributed by atoms with E-state index in [2.05, 4.69) is 36.7 Å². The SMILES string of the molecule is Cc1c(CN2CCN(c3nccnc3N3CCC(F)CC3)CC2)cnn1C.Cl. The Kier molecular flexibility index (Phi) is 6.72. The van der Waals surface area contributed by atoms with Gasteiger partial charge in [-0.15, -0.1) is 12.4 Å². The third kappa shape index (κ3) is 4.38. The van der Waals surface area contributed by atoms with Crippen LogP contribution in [0.3, 0.4) is 0 Å². The molecule has 0 aromatic carbocycles. The largest absolute Gasteiger partial charge is 0.353 e. The van der Waals surface area contributed by atoms with Crippen LogP contribution in [0.5, 0.6) is 0 Å². The quantitative estimate of drug-likeness (QED) is 0.771. The van der Waals surface area contributed by atoms with Crippen LogP contribution >= 0.6 is 12.4 Å². The highest BCUT2D eigenvalue weighted by Crippen LogP contribution is 2.28. The van der Waals surface area contributed by atoms with Gasteiger partial charge >= 0.3 is 0 Å². The average molecular weight is 410 g/mol. The molecule has 0 N–H and O–H groups in total.